The Hall–Kier alpha value is -1.96. The molecule has 0 spiro atoms. The summed E-state index contributed by atoms with van der Waals surface area (Å²) in [6, 6.07) is 19.1. The van der Waals surface area contributed by atoms with Crippen molar-refractivity contribution in [1.29, 1.82) is 0 Å². The van der Waals surface area contributed by atoms with Gasteiger partial charge in [-0.15, -0.1) is 0 Å². The van der Waals surface area contributed by atoms with Crippen molar-refractivity contribution in [2.45, 2.75) is 44.8 Å². The normalized spacial score (nSPS) is 16.6. The van der Waals surface area contributed by atoms with Crippen LogP contribution in [0.25, 0.3) is 0 Å². The summed E-state index contributed by atoms with van der Waals surface area (Å²) in [6.45, 7) is 2.18. The van der Waals surface area contributed by atoms with Gasteiger partial charge < -0.3 is 10.1 Å². The van der Waals surface area contributed by atoms with E-state index in [-0.39, 0.29) is 0 Å². The van der Waals surface area contributed by atoms with E-state index >= 15 is 0 Å². The molecule has 2 heteroatoms. The Morgan fingerprint density at radius 1 is 0.952 bits per heavy atom. The average Bonchev–Trinajstić information content (AvgIpc) is 3.03. The van der Waals surface area contributed by atoms with Crippen LogP contribution in [0.15, 0.2) is 54.6 Å². The third-order valence-corrected chi connectivity index (χ3v) is 4.14. The topological polar surface area (TPSA) is 21.3 Å². The molecule has 21 heavy (non-hydrogen) atoms. The van der Waals surface area contributed by atoms with Gasteiger partial charge in [0.25, 0.3) is 0 Å². The maximum Gasteiger partial charge on any atom is 0.119 e. The third kappa shape index (κ3) is 3.78. The van der Waals surface area contributed by atoms with Crippen molar-refractivity contribution >= 4 is 5.69 Å². The highest BCUT2D eigenvalue weighted by Crippen LogP contribution is 2.26. The van der Waals surface area contributed by atoms with E-state index in [1.165, 1.54) is 31.2 Å². The van der Waals surface area contributed by atoms with Gasteiger partial charge in [-0.25, -0.2) is 0 Å². The van der Waals surface area contributed by atoms with Gasteiger partial charge in [0.15, 0.2) is 0 Å². The van der Waals surface area contributed by atoms with Gasteiger partial charge in [-0.1, -0.05) is 30.3 Å². The second kappa shape index (κ2) is 6.66. The van der Waals surface area contributed by atoms with Crippen LogP contribution < -0.4 is 10.1 Å². The van der Waals surface area contributed by atoms with Crippen molar-refractivity contribution in [2.24, 2.45) is 0 Å². The van der Waals surface area contributed by atoms with Gasteiger partial charge >= 0.3 is 0 Å². The van der Waals surface area contributed by atoms with Crippen LogP contribution in [0, 0.1) is 0 Å². The minimum Gasteiger partial charge on any atom is -0.490 e. The predicted molar refractivity (Wildman–Crippen MR) is 87.8 cm³/mol. The van der Waals surface area contributed by atoms with Crippen LogP contribution in [0.3, 0.4) is 0 Å². The highest BCUT2D eigenvalue weighted by atomic mass is 16.5. The molecule has 0 aromatic heterocycles. The Labute approximate surface area is 127 Å². The molecule has 1 unspecified atom stereocenters. The van der Waals surface area contributed by atoms with Crippen molar-refractivity contribution in [3.05, 3.63) is 60.2 Å². The lowest BCUT2D eigenvalue weighted by atomic mass is 10.1. The first-order chi connectivity index (χ1) is 10.3. The summed E-state index contributed by atoms with van der Waals surface area (Å²) in [5.41, 5.74) is 2.42. The van der Waals surface area contributed by atoms with Crippen molar-refractivity contribution in [3.8, 4) is 5.75 Å². The van der Waals surface area contributed by atoms with Gasteiger partial charge in [-0.3, -0.25) is 0 Å². The van der Waals surface area contributed by atoms with Crippen molar-refractivity contribution in [3.63, 3.8) is 0 Å². The molecule has 0 amide bonds. The number of nitrogens with one attached hydrogen (secondary N) is 1. The monoisotopic (exact) mass is 281 g/mol. The summed E-state index contributed by atoms with van der Waals surface area (Å²) in [4.78, 5) is 0. The number of anilines is 1. The summed E-state index contributed by atoms with van der Waals surface area (Å²) in [5, 5.41) is 3.52. The number of ether oxygens (including phenoxy) is 1. The zero-order valence-corrected chi connectivity index (χ0v) is 12.6. The van der Waals surface area contributed by atoms with Gasteiger partial charge in [-0.05, 0) is 62.4 Å². The molecule has 2 aromatic carbocycles. The lowest BCUT2D eigenvalue weighted by Crippen LogP contribution is -2.11. The molecule has 0 saturated heterocycles. The molecule has 1 atom stereocenters. The molecule has 0 aliphatic heterocycles. The van der Waals surface area contributed by atoms with Gasteiger partial charge in [0.1, 0.15) is 5.75 Å². The fraction of sp³-hybridized carbons (Fsp3) is 0.368. The summed E-state index contributed by atoms with van der Waals surface area (Å²) >= 11 is 0. The molecule has 3 rings (SSSR count). The Bertz CT molecular complexity index is 544. The van der Waals surface area contributed by atoms with E-state index in [0.29, 0.717) is 12.1 Å². The standard InChI is InChI=1S/C19H23NO/c1-15(16-7-3-2-4-8-16)20-17-11-13-19(14-12-17)21-18-9-5-6-10-18/h2-4,7-8,11-15,18,20H,5-6,9-10H2,1H3. The van der Waals surface area contributed by atoms with E-state index in [1.54, 1.807) is 0 Å². The van der Waals surface area contributed by atoms with Crippen LogP contribution in [0.2, 0.25) is 0 Å². The lowest BCUT2D eigenvalue weighted by molar-refractivity contribution is 0.210. The van der Waals surface area contributed by atoms with E-state index in [4.69, 9.17) is 4.74 Å². The Kier molecular flexibility index (Phi) is 4.44. The van der Waals surface area contributed by atoms with E-state index in [2.05, 4.69) is 60.8 Å². The molecule has 1 N–H and O–H groups in total. The molecule has 0 radical (unpaired) electrons. The summed E-state index contributed by atoms with van der Waals surface area (Å²) in [6.07, 6.45) is 5.43. The number of hydrogen-bond donors (Lipinski definition) is 1. The van der Waals surface area contributed by atoms with Crippen LogP contribution in [0.1, 0.15) is 44.2 Å². The van der Waals surface area contributed by atoms with Gasteiger partial charge in [0, 0.05) is 11.7 Å². The Balaban J connectivity index is 1.59. The number of benzene rings is 2. The van der Waals surface area contributed by atoms with Crippen LogP contribution in [0.4, 0.5) is 5.69 Å². The molecule has 1 saturated carbocycles. The molecule has 1 aliphatic rings. The minimum absolute atomic E-state index is 0.299. The summed E-state index contributed by atoms with van der Waals surface area (Å²) < 4.78 is 5.99. The predicted octanol–water partition coefficient (Wildman–Crippen LogP) is 5.18. The average molecular weight is 281 g/mol. The van der Waals surface area contributed by atoms with Crippen LogP contribution in [-0.4, -0.2) is 6.10 Å². The van der Waals surface area contributed by atoms with E-state index in [0.717, 1.165) is 11.4 Å². The van der Waals surface area contributed by atoms with E-state index in [1.807, 2.05) is 6.07 Å². The van der Waals surface area contributed by atoms with Crippen molar-refractivity contribution in [2.75, 3.05) is 5.32 Å². The van der Waals surface area contributed by atoms with Crippen LogP contribution in [-0.2, 0) is 0 Å². The van der Waals surface area contributed by atoms with Gasteiger partial charge in [-0.2, -0.15) is 0 Å². The minimum atomic E-state index is 0.299. The fourth-order valence-corrected chi connectivity index (χ4v) is 2.90. The van der Waals surface area contributed by atoms with Crippen LogP contribution in [0.5, 0.6) is 5.75 Å². The second-order valence-corrected chi connectivity index (χ2v) is 5.83. The van der Waals surface area contributed by atoms with Gasteiger partial charge in [0.2, 0.25) is 0 Å². The number of hydrogen-bond acceptors (Lipinski definition) is 2. The third-order valence-electron chi connectivity index (χ3n) is 4.14. The zero-order valence-electron chi connectivity index (χ0n) is 12.6. The first kappa shape index (κ1) is 14.0. The SMILES string of the molecule is CC(Nc1ccc(OC2CCCC2)cc1)c1ccccc1. The Morgan fingerprint density at radius 3 is 2.29 bits per heavy atom. The molecule has 2 aromatic rings. The smallest absolute Gasteiger partial charge is 0.119 e. The van der Waals surface area contributed by atoms with E-state index in [9.17, 15) is 0 Å². The summed E-state index contributed by atoms with van der Waals surface area (Å²) in [7, 11) is 0. The maximum atomic E-state index is 5.99. The van der Waals surface area contributed by atoms with Crippen molar-refractivity contribution in [1.82, 2.24) is 0 Å². The van der Waals surface area contributed by atoms with Crippen molar-refractivity contribution < 1.29 is 4.74 Å². The molecule has 0 bridgehead atoms. The first-order valence-electron chi connectivity index (χ1n) is 7.89. The van der Waals surface area contributed by atoms with Gasteiger partial charge in [0.05, 0.1) is 6.10 Å². The quantitative estimate of drug-likeness (QED) is 0.815. The molecule has 0 heterocycles. The molecule has 110 valence electrons. The lowest BCUT2D eigenvalue weighted by Gasteiger charge is -2.17. The number of rotatable bonds is 5. The molecular formula is C19H23NO. The fourth-order valence-electron chi connectivity index (χ4n) is 2.90. The Morgan fingerprint density at radius 2 is 1.62 bits per heavy atom. The maximum absolute atomic E-state index is 5.99. The first-order valence-corrected chi connectivity index (χ1v) is 7.89. The highest BCUT2D eigenvalue weighted by molar-refractivity contribution is 5.48. The second-order valence-electron chi connectivity index (χ2n) is 5.83. The highest BCUT2D eigenvalue weighted by Gasteiger charge is 2.16. The molecule has 1 aliphatic carbocycles. The largest absolute Gasteiger partial charge is 0.490 e. The molecular weight excluding hydrogens is 258 g/mol. The van der Waals surface area contributed by atoms with Crippen LogP contribution >= 0.6 is 0 Å². The molecule has 2 nitrogen and oxygen atoms in total. The molecule has 1 fully saturated rings. The summed E-state index contributed by atoms with van der Waals surface area (Å²) in [5.74, 6) is 0.986. The van der Waals surface area contributed by atoms with E-state index < -0.39 is 0 Å². The zero-order chi connectivity index (χ0) is 14.5.